The maximum Gasteiger partial charge on any atom is 0.175 e. The molecule has 5 fully saturated rings. The van der Waals surface area contributed by atoms with Crippen LogP contribution >= 0.6 is 0 Å². The molecule has 0 amide bonds. The molecule has 180 valence electrons. The zero-order valence-electron chi connectivity index (χ0n) is 20.9. The van der Waals surface area contributed by atoms with Crippen LogP contribution in [0.5, 0.6) is 0 Å². The zero-order chi connectivity index (χ0) is 22.5. The molecule has 4 heteroatoms. The van der Waals surface area contributed by atoms with Gasteiger partial charge in [0.1, 0.15) is 0 Å². The van der Waals surface area contributed by atoms with Crippen LogP contribution in [0.2, 0.25) is 0 Å². The monoisotopic (exact) mass is 444 g/mol. The second-order valence-electron chi connectivity index (χ2n) is 13.1. The van der Waals surface area contributed by atoms with Gasteiger partial charge in [-0.15, -0.1) is 0 Å². The van der Waals surface area contributed by atoms with Gasteiger partial charge in [-0.2, -0.15) is 0 Å². The molecule has 1 spiro atoms. The van der Waals surface area contributed by atoms with Gasteiger partial charge in [0, 0.05) is 31.8 Å². The molecule has 32 heavy (non-hydrogen) atoms. The minimum Gasteiger partial charge on any atom is -0.393 e. The second-order valence-corrected chi connectivity index (χ2v) is 13.1. The summed E-state index contributed by atoms with van der Waals surface area (Å²) < 4.78 is 19.9. The summed E-state index contributed by atoms with van der Waals surface area (Å²) in [4.78, 5) is 0. The van der Waals surface area contributed by atoms with Gasteiger partial charge in [0.25, 0.3) is 0 Å². The van der Waals surface area contributed by atoms with Crippen molar-refractivity contribution in [2.24, 2.45) is 46.3 Å². The number of fused-ring (bicyclic) bond motifs is 7. The normalized spacial score (nSPS) is 59.2. The van der Waals surface area contributed by atoms with Crippen molar-refractivity contribution in [3.8, 4) is 0 Å². The predicted molar refractivity (Wildman–Crippen MR) is 124 cm³/mol. The number of rotatable bonds is 1. The molecule has 0 aromatic rings. The Balaban J connectivity index is 1.34. The molecule has 6 aliphatic rings. The van der Waals surface area contributed by atoms with Gasteiger partial charge in [0.05, 0.1) is 12.7 Å². The van der Waals surface area contributed by atoms with Gasteiger partial charge in [-0.25, -0.2) is 0 Å². The van der Waals surface area contributed by atoms with E-state index in [1.807, 2.05) is 7.11 Å². The fourth-order valence-electron chi connectivity index (χ4n) is 9.97. The maximum atomic E-state index is 10.3. The van der Waals surface area contributed by atoms with Crippen LogP contribution in [0.15, 0.2) is 11.6 Å². The summed E-state index contributed by atoms with van der Waals surface area (Å²) in [5, 5.41) is 10.3. The predicted octanol–water partition coefficient (Wildman–Crippen LogP) is 5.69. The summed E-state index contributed by atoms with van der Waals surface area (Å²) >= 11 is 0. The van der Waals surface area contributed by atoms with E-state index in [0.29, 0.717) is 29.6 Å². The first kappa shape index (κ1) is 22.1. The number of aliphatic hydroxyl groups is 1. The van der Waals surface area contributed by atoms with E-state index in [1.165, 1.54) is 25.7 Å². The highest BCUT2D eigenvalue weighted by molar-refractivity contribution is 5.27. The van der Waals surface area contributed by atoms with Crippen LogP contribution in [0.3, 0.4) is 0 Å². The third-order valence-electron chi connectivity index (χ3n) is 11.7. The molecule has 0 unspecified atom stereocenters. The van der Waals surface area contributed by atoms with Crippen LogP contribution in [0.25, 0.3) is 0 Å². The topological polar surface area (TPSA) is 47.9 Å². The van der Waals surface area contributed by atoms with Crippen molar-refractivity contribution in [2.75, 3.05) is 13.7 Å². The molecule has 2 heterocycles. The summed E-state index contributed by atoms with van der Waals surface area (Å²) in [5.74, 6) is 2.49. The number of ether oxygens (including phenoxy) is 3. The van der Waals surface area contributed by atoms with E-state index in [1.54, 1.807) is 5.57 Å². The number of allylic oxidation sites excluding steroid dienone is 1. The first-order valence-corrected chi connectivity index (χ1v) is 13.4. The van der Waals surface area contributed by atoms with Crippen LogP contribution in [-0.2, 0) is 14.2 Å². The molecule has 6 rings (SSSR count). The molecule has 2 saturated heterocycles. The van der Waals surface area contributed by atoms with Crippen molar-refractivity contribution >= 4 is 0 Å². The molecule has 0 bridgehead atoms. The van der Waals surface area contributed by atoms with Gasteiger partial charge in [-0.05, 0) is 79.4 Å². The molecule has 4 aliphatic carbocycles. The molecule has 0 radical (unpaired) electrons. The Morgan fingerprint density at radius 2 is 1.88 bits per heavy atom. The Labute approximate surface area is 194 Å². The van der Waals surface area contributed by atoms with E-state index >= 15 is 0 Å². The average Bonchev–Trinajstić information content (AvgIpc) is 3.17. The van der Waals surface area contributed by atoms with E-state index in [9.17, 15) is 5.11 Å². The van der Waals surface area contributed by atoms with Crippen LogP contribution in [0, 0.1) is 46.3 Å². The standard InChI is InChI=1S/C28H44O4/c1-17-8-13-27(31-16-17)18(2)24-26(4)12-10-22-21(23(26)15-28(24,30-5)32-27)7-6-19-14-20(29)9-11-25(19,22)3/h6,17-18,20-24,29H,7-16H2,1-5H3/t17-,18-,20-,21-,22+,23-,24+,25+,26+,27+,28-/m1/s1. The lowest BCUT2D eigenvalue weighted by molar-refractivity contribution is -0.337. The maximum absolute atomic E-state index is 10.3. The van der Waals surface area contributed by atoms with Crippen molar-refractivity contribution in [1.29, 1.82) is 0 Å². The Morgan fingerprint density at radius 1 is 1.06 bits per heavy atom. The Morgan fingerprint density at radius 3 is 2.59 bits per heavy atom. The van der Waals surface area contributed by atoms with Crippen LogP contribution < -0.4 is 0 Å². The first-order chi connectivity index (χ1) is 15.2. The minimum atomic E-state index is -0.498. The summed E-state index contributed by atoms with van der Waals surface area (Å²) in [6.07, 6.45) is 12.3. The molecular formula is C28H44O4. The molecule has 0 aromatic carbocycles. The van der Waals surface area contributed by atoms with Crippen LogP contribution in [0.1, 0.15) is 85.5 Å². The summed E-state index contributed by atoms with van der Waals surface area (Å²) in [6.45, 7) is 10.6. The molecule has 2 aliphatic heterocycles. The smallest absolute Gasteiger partial charge is 0.175 e. The van der Waals surface area contributed by atoms with E-state index in [-0.39, 0.29) is 16.9 Å². The van der Waals surface area contributed by atoms with E-state index in [2.05, 4.69) is 33.8 Å². The lowest BCUT2D eigenvalue weighted by Gasteiger charge is -2.58. The molecule has 0 aromatic heterocycles. The Hall–Kier alpha value is -0.420. The third-order valence-corrected chi connectivity index (χ3v) is 11.7. The Kier molecular flexibility index (Phi) is 4.87. The number of methoxy groups -OCH3 is 1. The highest BCUT2D eigenvalue weighted by atomic mass is 16.8. The second kappa shape index (κ2) is 7.06. The quantitative estimate of drug-likeness (QED) is 0.528. The van der Waals surface area contributed by atoms with Crippen molar-refractivity contribution in [3.63, 3.8) is 0 Å². The minimum absolute atomic E-state index is 0.133. The van der Waals surface area contributed by atoms with Gasteiger partial charge >= 0.3 is 0 Å². The van der Waals surface area contributed by atoms with Crippen LogP contribution in [-0.4, -0.2) is 36.5 Å². The first-order valence-electron chi connectivity index (χ1n) is 13.4. The fourth-order valence-corrected chi connectivity index (χ4v) is 9.97. The molecule has 4 nitrogen and oxygen atoms in total. The molecular weight excluding hydrogens is 400 g/mol. The van der Waals surface area contributed by atoms with Gasteiger partial charge in [0.15, 0.2) is 11.6 Å². The number of aliphatic hydroxyl groups excluding tert-OH is 1. The SMILES string of the molecule is CO[C@@]12C[C@@H]3[C@@H]4CC=C5C[C@H](O)CC[C@]5(C)[C@H]4CC[C@]3(C)[C@@H]1[C@@H](C)[C@]1(CC[C@@H](C)CO1)O2. The molecule has 11 atom stereocenters. The average molecular weight is 445 g/mol. The van der Waals surface area contributed by atoms with Crippen LogP contribution in [0.4, 0.5) is 0 Å². The van der Waals surface area contributed by atoms with Gasteiger partial charge in [0.2, 0.25) is 0 Å². The van der Waals surface area contributed by atoms with Crippen molar-refractivity contribution < 1.29 is 19.3 Å². The lowest BCUT2D eigenvalue weighted by atomic mass is 9.47. The highest BCUT2D eigenvalue weighted by Gasteiger charge is 2.75. The van der Waals surface area contributed by atoms with E-state index < -0.39 is 11.6 Å². The third kappa shape index (κ3) is 2.70. The van der Waals surface area contributed by atoms with Crippen molar-refractivity contribution in [1.82, 2.24) is 0 Å². The number of hydrogen-bond acceptors (Lipinski definition) is 4. The Bertz CT molecular complexity index is 799. The van der Waals surface area contributed by atoms with E-state index in [4.69, 9.17) is 14.2 Å². The van der Waals surface area contributed by atoms with Crippen molar-refractivity contribution in [2.45, 2.75) is 103 Å². The summed E-state index contributed by atoms with van der Waals surface area (Å²) in [5.41, 5.74) is 2.06. The highest BCUT2D eigenvalue weighted by Crippen LogP contribution is 2.73. The largest absolute Gasteiger partial charge is 0.393 e. The van der Waals surface area contributed by atoms with Gasteiger partial charge in [-0.3, -0.25) is 0 Å². The van der Waals surface area contributed by atoms with E-state index in [0.717, 1.165) is 44.6 Å². The van der Waals surface area contributed by atoms with Gasteiger partial charge < -0.3 is 19.3 Å². The molecule has 3 saturated carbocycles. The fraction of sp³-hybridized carbons (Fsp3) is 0.929. The van der Waals surface area contributed by atoms with Gasteiger partial charge in [-0.1, -0.05) is 39.3 Å². The number of hydrogen-bond donors (Lipinski definition) is 1. The van der Waals surface area contributed by atoms with Crippen molar-refractivity contribution in [3.05, 3.63) is 11.6 Å². The lowest BCUT2D eigenvalue weighted by Crippen LogP contribution is -2.52. The summed E-state index contributed by atoms with van der Waals surface area (Å²) in [7, 11) is 1.88. The summed E-state index contributed by atoms with van der Waals surface area (Å²) in [6, 6.07) is 0. The zero-order valence-corrected chi connectivity index (χ0v) is 20.9. The molecule has 1 N–H and O–H groups in total.